The highest BCUT2D eigenvalue weighted by Crippen LogP contribution is 2.21. The molecule has 2 heterocycles. The maximum Gasteiger partial charge on any atom is 0.401 e. The highest BCUT2D eigenvalue weighted by Gasteiger charge is 2.33. The standard InChI is InChI=1S/C14H20F3N3O2/c1-9(2)11-7-12(19-18-11)13(21)22-10-3-5-20(6-4-10)8-14(15,16)17/h7,9-10H,3-6,8H2,1-2H3,(H,18,19). The minimum Gasteiger partial charge on any atom is -0.458 e. The number of alkyl halides is 3. The van der Waals surface area contributed by atoms with Crippen molar-refractivity contribution >= 4 is 5.97 Å². The fourth-order valence-corrected chi connectivity index (χ4v) is 2.39. The van der Waals surface area contributed by atoms with Crippen LogP contribution in [0, 0.1) is 0 Å². The van der Waals surface area contributed by atoms with Gasteiger partial charge in [-0.1, -0.05) is 13.8 Å². The molecule has 0 spiro atoms. The number of esters is 1. The summed E-state index contributed by atoms with van der Waals surface area (Å²) in [5.41, 5.74) is 1.05. The first-order valence-corrected chi connectivity index (χ1v) is 7.30. The molecule has 0 atom stereocenters. The number of carbonyl (C=O) groups excluding carboxylic acids is 1. The Balaban J connectivity index is 1.81. The van der Waals surface area contributed by atoms with Crippen LogP contribution in [0.25, 0.3) is 0 Å². The molecule has 0 bridgehead atoms. The molecule has 2 rings (SSSR count). The Morgan fingerprint density at radius 2 is 2.09 bits per heavy atom. The molecule has 124 valence electrons. The number of hydrogen-bond acceptors (Lipinski definition) is 4. The second-order valence-electron chi connectivity index (χ2n) is 5.86. The number of ether oxygens (including phenoxy) is 1. The maximum absolute atomic E-state index is 12.3. The lowest BCUT2D eigenvalue weighted by Crippen LogP contribution is -2.42. The monoisotopic (exact) mass is 319 g/mol. The number of nitrogens with one attached hydrogen (secondary N) is 1. The summed E-state index contributed by atoms with van der Waals surface area (Å²) < 4.78 is 42.2. The second-order valence-corrected chi connectivity index (χ2v) is 5.86. The van der Waals surface area contributed by atoms with Crippen LogP contribution in [-0.4, -0.2) is 53.0 Å². The number of aromatic amines is 1. The molecule has 1 aromatic heterocycles. The Labute approximate surface area is 126 Å². The zero-order valence-electron chi connectivity index (χ0n) is 12.6. The molecule has 1 fully saturated rings. The summed E-state index contributed by atoms with van der Waals surface area (Å²) in [7, 11) is 0. The molecule has 1 aliphatic heterocycles. The van der Waals surface area contributed by atoms with E-state index in [1.54, 1.807) is 6.07 Å². The molecule has 22 heavy (non-hydrogen) atoms. The van der Waals surface area contributed by atoms with Crippen LogP contribution >= 0.6 is 0 Å². The van der Waals surface area contributed by atoms with Crippen LogP contribution in [-0.2, 0) is 4.74 Å². The first-order valence-electron chi connectivity index (χ1n) is 7.30. The van der Waals surface area contributed by atoms with Crippen molar-refractivity contribution < 1.29 is 22.7 Å². The average Bonchev–Trinajstić information content (AvgIpc) is 2.89. The van der Waals surface area contributed by atoms with E-state index in [2.05, 4.69) is 10.2 Å². The van der Waals surface area contributed by atoms with Gasteiger partial charge in [-0.3, -0.25) is 10.00 Å². The van der Waals surface area contributed by atoms with E-state index in [4.69, 9.17) is 4.74 Å². The molecule has 0 radical (unpaired) electrons. The number of nitrogens with zero attached hydrogens (tertiary/aromatic N) is 2. The van der Waals surface area contributed by atoms with Gasteiger partial charge >= 0.3 is 12.1 Å². The molecular formula is C14H20F3N3O2. The van der Waals surface area contributed by atoms with E-state index in [1.807, 2.05) is 13.8 Å². The van der Waals surface area contributed by atoms with E-state index in [9.17, 15) is 18.0 Å². The molecule has 0 aliphatic carbocycles. The van der Waals surface area contributed by atoms with Crippen molar-refractivity contribution in [2.24, 2.45) is 0 Å². The van der Waals surface area contributed by atoms with Gasteiger partial charge in [0.1, 0.15) is 6.10 Å². The third-order valence-electron chi connectivity index (χ3n) is 3.64. The molecular weight excluding hydrogens is 299 g/mol. The van der Waals surface area contributed by atoms with Crippen LogP contribution in [0.5, 0.6) is 0 Å². The third-order valence-corrected chi connectivity index (χ3v) is 3.64. The molecule has 0 saturated carbocycles. The van der Waals surface area contributed by atoms with E-state index in [1.165, 1.54) is 4.90 Å². The summed E-state index contributed by atoms with van der Waals surface area (Å²) in [4.78, 5) is 13.3. The minimum absolute atomic E-state index is 0.210. The average molecular weight is 319 g/mol. The summed E-state index contributed by atoms with van der Waals surface area (Å²) in [6, 6.07) is 1.64. The van der Waals surface area contributed by atoms with Crippen LogP contribution in [0.4, 0.5) is 13.2 Å². The maximum atomic E-state index is 12.3. The minimum atomic E-state index is -4.19. The normalized spacial score (nSPS) is 17.9. The molecule has 1 aliphatic rings. The first-order chi connectivity index (χ1) is 10.2. The predicted molar refractivity (Wildman–Crippen MR) is 73.6 cm³/mol. The summed E-state index contributed by atoms with van der Waals surface area (Å²) >= 11 is 0. The Hall–Kier alpha value is -1.57. The first kappa shape index (κ1) is 16.8. The van der Waals surface area contributed by atoms with Crippen molar-refractivity contribution in [2.45, 2.75) is 44.9 Å². The molecule has 1 N–H and O–H groups in total. The van der Waals surface area contributed by atoms with Crippen molar-refractivity contribution in [2.75, 3.05) is 19.6 Å². The molecule has 0 aromatic carbocycles. The zero-order valence-corrected chi connectivity index (χ0v) is 12.6. The number of halogens is 3. The highest BCUT2D eigenvalue weighted by molar-refractivity contribution is 5.87. The fraction of sp³-hybridized carbons (Fsp3) is 0.714. The number of carbonyl (C=O) groups is 1. The Bertz CT molecular complexity index is 506. The van der Waals surface area contributed by atoms with Gasteiger partial charge in [-0.2, -0.15) is 18.3 Å². The topological polar surface area (TPSA) is 58.2 Å². The van der Waals surface area contributed by atoms with Crippen molar-refractivity contribution in [3.05, 3.63) is 17.5 Å². The summed E-state index contributed by atoms with van der Waals surface area (Å²) in [6.07, 6.45) is -3.73. The van der Waals surface area contributed by atoms with Crippen LogP contribution in [0.15, 0.2) is 6.07 Å². The number of H-pyrrole nitrogens is 1. The largest absolute Gasteiger partial charge is 0.458 e. The van der Waals surface area contributed by atoms with Gasteiger partial charge in [0.05, 0.1) is 6.54 Å². The second kappa shape index (κ2) is 6.68. The third kappa shape index (κ3) is 4.72. The number of aromatic nitrogens is 2. The van der Waals surface area contributed by atoms with E-state index in [0.29, 0.717) is 12.8 Å². The van der Waals surface area contributed by atoms with E-state index in [0.717, 1.165) is 5.69 Å². The number of piperidine rings is 1. The van der Waals surface area contributed by atoms with Crippen molar-refractivity contribution in [3.63, 3.8) is 0 Å². The quantitative estimate of drug-likeness (QED) is 0.867. The molecule has 0 amide bonds. The van der Waals surface area contributed by atoms with Gasteiger partial charge in [0.15, 0.2) is 5.69 Å². The van der Waals surface area contributed by atoms with Crippen molar-refractivity contribution in [3.8, 4) is 0 Å². The molecule has 1 saturated heterocycles. The lowest BCUT2D eigenvalue weighted by Gasteiger charge is -2.31. The summed E-state index contributed by atoms with van der Waals surface area (Å²) in [6.45, 7) is 3.58. The zero-order chi connectivity index (χ0) is 16.3. The highest BCUT2D eigenvalue weighted by atomic mass is 19.4. The van der Waals surface area contributed by atoms with Gasteiger partial charge in [0, 0.05) is 18.8 Å². The number of likely N-dealkylation sites (tertiary alicyclic amines) is 1. The van der Waals surface area contributed by atoms with Gasteiger partial charge < -0.3 is 4.74 Å². The van der Waals surface area contributed by atoms with Gasteiger partial charge in [-0.05, 0) is 24.8 Å². The molecule has 1 aromatic rings. The van der Waals surface area contributed by atoms with Gasteiger partial charge in [-0.25, -0.2) is 4.79 Å². The number of hydrogen-bond donors (Lipinski definition) is 1. The van der Waals surface area contributed by atoms with Gasteiger partial charge in [-0.15, -0.1) is 0 Å². The smallest absolute Gasteiger partial charge is 0.401 e. The van der Waals surface area contributed by atoms with Gasteiger partial charge in [0.2, 0.25) is 0 Å². The SMILES string of the molecule is CC(C)c1cc(C(=O)OC2CCN(CC(F)(F)F)CC2)n[nH]1. The van der Waals surface area contributed by atoms with Gasteiger partial charge in [0.25, 0.3) is 0 Å². The van der Waals surface area contributed by atoms with Crippen molar-refractivity contribution in [1.29, 1.82) is 0 Å². The Kier molecular flexibility index (Phi) is 5.10. The van der Waals surface area contributed by atoms with E-state index in [-0.39, 0.29) is 30.8 Å². The summed E-state index contributed by atoms with van der Waals surface area (Å²) in [5, 5.41) is 6.68. The molecule has 5 nitrogen and oxygen atoms in total. The Morgan fingerprint density at radius 3 is 2.59 bits per heavy atom. The van der Waals surface area contributed by atoms with Crippen LogP contribution in [0.2, 0.25) is 0 Å². The molecule has 8 heteroatoms. The van der Waals surface area contributed by atoms with E-state index < -0.39 is 18.7 Å². The fourth-order valence-electron chi connectivity index (χ4n) is 2.39. The van der Waals surface area contributed by atoms with Crippen molar-refractivity contribution in [1.82, 2.24) is 15.1 Å². The van der Waals surface area contributed by atoms with Crippen LogP contribution in [0.3, 0.4) is 0 Å². The van der Waals surface area contributed by atoms with E-state index >= 15 is 0 Å². The number of rotatable bonds is 4. The molecule has 0 unspecified atom stereocenters. The lowest BCUT2D eigenvalue weighted by molar-refractivity contribution is -0.150. The van der Waals surface area contributed by atoms with Crippen LogP contribution in [0.1, 0.15) is 48.8 Å². The summed E-state index contributed by atoms with van der Waals surface area (Å²) in [5.74, 6) is -0.308. The predicted octanol–water partition coefficient (Wildman–Crippen LogP) is 2.72. The Morgan fingerprint density at radius 1 is 1.45 bits per heavy atom. The lowest BCUT2D eigenvalue weighted by atomic mass is 10.1. The van der Waals surface area contributed by atoms with Crippen LogP contribution < -0.4 is 0 Å².